The first-order valence-corrected chi connectivity index (χ1v) is 12.0. The maximum atomic E-state index is 13.6. The summed E-state index contributed by atoms with van der Waals surface area (Å²) >= 11 is 0. The molecule has 4 rings (SSSR count). The molecule has 0 saturated heterocycles. The van der Waals surface area contributed by atoms with E-state index in [1.165, 1.54) is 23.5 Å². The highest BCUT2D eigenvalue weighted by molar-refractivity contribution is 6.04. The number of amides is 3. The Morgan fingerprint density at radius 3 is 2.26 bits per heavy atom. The highest BCUT2D eigenvalue weighted by Crippen LogP contribution is 2.30. The first kappa shape index (κ1) is 24.3. The molecule has 0 aliphatic heterocycles. The largest absolute Gasteiger partial charge is 0.467 e. The lowest BCUT2D eigenvalue weighted by molar-refractivity contribution is -0.127. The van der Waals surface area contributed by atoms with Gasteiger partial charge in [-0.15, -0.1) is 0 Å². The fourth-order valence-corrected chi connectivity index (χ4v) is 4.36. The van der Waals surface area contributed by atoms with Crippen LogP contribution in [0.1, 0.15) is 73.4 Å². The summed E-state index contributed by atoms with van der Waals surface area (Å²) in [6.45, 7) is 3.85. The zero-order valence-electron chi connectivity index (χ0n) is 20.0. The lowest BCUT2D eigenvalue weighted by Crippen LogP contribution is -2.49. The Bertz CT molecular complexity index is 1110. The number of anilines is 1. The van der Waals surface area contributed by atoms with Crippen molar-refractivity contribution in [1.29, 1.82) is 0 Å². The van der Waals surface area contributed by atoms with E-state index in [1.807, 2.05) is 24.3 Å². The Labute approximate surface area is 204 Å². The third-order valence-corrected chi connectivity index (χ3v) is 6.27. The molecule has 1 unspecified atom stereocenters. The Morgan fingerprint density at radius 1 is 0.971 bits per heavy atom. The van der Waals surface area contributed by atoms with Crippen LogP contribution in [0.4, 0.5) is 5.69 Å². The van der Waals surface area contributed by atoms with Crippen LogP contribution < -0.4 is 15.5 Å². The van der Waals surface area contributed by atoms with E-state index in [0.717, 1.165) is 31.2 Å². The molecule has 1 saturated carbocycles. The second kappa shape index (κ2) is 11.1. The fraction of sp³-hybridized carbons (Fsp3) is 0.370. The van der Waals surface area contributed by atoms with Crippen LogP contribution in [0.2, 0.25) is 0 Å². The molecule has 3 amide bonds. The van der Waals surface area contributed by atoms with Gasteiger partial charge in [-0.1, -0.05) is 38.8 Å². The molecule has 1 fully saturated rings. The minimum Gasteiger partial charge on any atom is -0.467 e. The Hall–Kier alpha value is -3.81. The van der Waals surface area contributed by atoms with E-state index in [1.54, 1.807) is 18.2 Å². The van der Waals surface area contributed by atoms with Crippen molar-refractivity contribution in [2.24, 2.45) is 0 Å². The van der Waals surface area contributed by atoms with Crippen molar-refractivity contribution in [2.75, 3.05) is 11.4 Å². The topological polar surface area (TPSA) is 105 Å². The van der Waals surface area contributed by atoms with Gasteiger partial charge in [-0.3, -0.25) is 19.3 Å². The third kappa shape index (κ3) is 5.82. The number of hydrogen-bond acceptors (Lipinski definition) is 5. The fourth-order valence-electron chi connectivity index (χ4n) is 4.36. The molecule has 8 nitrogen and oxygen atoms in total. The molecule has 2 N–H and O–H groups in total. The number of nitrogens with zero attached hydrogens (tertiary/aromatic N) is 1. The Kier molecular flexibility index (Phi) is 7.70. The van der Waals surface area contributed by atoms with Crippen LogP contribution in [-0.4, -0.2) is 30.3 Å². The van der Waals surface area contributed by atoms with E-state index in [2.05, 4.69) is 24.5 Å². The zero-order chi connectivity index (χ0) is 24.8. The van der Waals surface area contributed by atoms with Crippen LogP contribution in [0.25, 0.3) is 0 Å². The van der Waals surface area contributed by atoms with Gasteiger partial charge in [-0.05, 0) is 60.7 Å². The van der Waals surface area contributed by atoms with Crippen LogP contribution in [0.15, 0.2) is 69.9 Å². The van der Waals surface area contributed by atoms with Gasteiger partial charge >= 0.3 is 0 Å². The minimum absolute atomic E-state index is 0.0684. The van der Waals surface area contributed by atoms with E-state index < -0.39 is 17.9 Å². The summed E-state index contributed by atoms with van der Waals surface area (Å²) in [7, 11) is 0. The molecule has 0 radical (unpaired) electrons. The molecular weight excluding hydrogens is 446 g/mol. The van der Waals surface area contributed by atoms with Gasteiger partial charge < -0.3 is 19.5 Å². The SMILES string of the molecule is CC(C)c1ccc(N(C(=O)CNC(=O)c2ccco2)C(C(=O)NC2CCCC2)c2ccco2)cc1. The first-order valence-electron chi connectivity index (χ1n) is 12.0. The average Bonchev–Trinajstić information content (AvgIpc) is 3.64. The van der Waals surface area contributed by atoms with Crippen molar-refractivity contribution in [2.45, 2.75) is 57.5 Å². The van der Waals surface area contributed by atoms with E-state index in [9.17, 15) is 14.4 Å². The van der Waals surface area contributed by atoms with Gasteiger partial charge in [0.05, 0.1) is 19.1 Å². The number of nitrogens with one attached hydrogen (secondary N) is 2. The number of benzene rings is 1. The normalized spacial score (nSPS) is 14.6. The Morgan fingerprint density at radius 2 is 1.66 bits per heavy atom. The van der Waals surface area contributed by atoms with Crippen molar-refractivity contribution >= 4 is 23.4 Å². The van der Waals surface area contributed by atoms with Gasteiger partial charge in [-0.25, -0.2) is 0 Å². The van der Waals surface area contributed by atoms with Gasteiger partial charge in [0.15, 0.2) is 11.8 Å². The van der Waals surface area contributed by atoms with Gasteiger partial charge in [0, 0.05) is 11.7 Å². The predicted octanol–water partition coefficient (Wildman–Crippen LogP) is 4.56. The quantitative estimate of drug-likeness (QED) is 0.470. The first-order chi connectivity index (χ1) is 16.9. The minimum atomic E-state index is -1.02. The van der Waals surface area contributed by atoms with Crippen molar-refractivity contribution in [1.82, 2.24) is 10.6 Å². The highest BCUT2D eigenvalue weighted by atomic mass is 16.3. The van der Waals surface area contributed by atoms with Gasteiger partial charge in [0.25, 0.3) is 11.8 Å². The van der Waals surface area contributed by atoms with Crippen LogP contribution >= 0.6 is 0 Å². The van der Waals surface area contributed by atoms with Crippen molar-refractivity contribution in [3.63, 3.8) is 0 Å². The monoisotopic (exact) mass is 477 g/mol. The molecule has 0 bridgehead atoms. The van der Waals surface area contributed by atoms with E-state index >= 15 is 0 Å². The Balaban J connectivity index is 1.65. The number of carbonyl (C=O) groups excluding carboxylic acids is 3. The number of furan rings is 2. The predicted molar refractivity (Wildman–Crippen MR) is 131 cm³/mol. The summed E-state index contributed by atoms with van der Waals surface area (Å²) in [6.07, 6.45) is 6.82. The van der Waals surface area contributed by atoms with Gasteiger partial charge in [0.1, 0.15) is 5.76 Å². The maximum absolute atomic E-state index is 13.6. The maximum Gasteiger partial charge on any atom is 0.287 e. The smallest absolute Gasteiger partial charge is 0.287 e. The van der Waals surface area contributed by atoms with E-state index in [0.29, 0.717) is 17.4 Å². The lowest BCUT2D eigenvalue weighted by Gasteiger charge is -2.31. The average molecular weight is 478 g/mol. The third-order valence-electron chi connectivity index (χ3n) is 6.27. The molecule has 1 aliphatic rings. The molecule has 2 heterocycles. The molecule has 1 atom stereocenters. The summed E-state index contributed by atoms with van der Waals surface area (Å²) < 4.78 is 10.7. The summed E-state index contributed by atoms with van der Waals surface area (Å²) in [5, 5.41) is 5.68. The van der Waals surface area contributed by atoms with Gasteiger partial charge in [0.2, 0.25) is 5.91 Å². The summed E-state index contributed by atoms with van der Waals surface area (Å²) in [4.78, 5) is 40.9. The molecule has 3 aromatic rings. The molecule has 2 aromatic heterocycles. The zero-order valence-corrected chi connectivity index (χ0v) is 20.0. The summed E-state index contributed by atoms with van der Waals surface area (Å²) in [5.41, 5.74) is 1.65. The van der Waals surface area contributed by atoms with Crippen molar-refractivity contribution in [3.8, 4) is 0 Å². The molecule has 1 aromatic carbocycles. The van der Waals surface area contributed by atoms with E-state index in [4.69, 9.17) is 8.83 Å². The number of rotatable bonds is 9. The number of carbonyl (C=O) groups is 3. The van der Waals surface area contributed by atoms with Crippen molar-refractivity contribution in [3.05, 3.63) is 78.1 Å². The molecule has 184 valence electrons. The summed E-state index contributed by atoms with van der Waals surface area (Å²) in [5.74, 6) is -0.516. The standard InChI is InChI=1S/C27H31N3O5/c1-18(2)19-11-13-21(14-12-19)30(24(31)17-28-26(32)23-10-6-16-35-23)25(22-9-5-15-34-22)27(33)29-20-7-3-4-8-20/h5-6,9-16,18,20,25H,3-4,7-8,17H2,1-2H3,(H,28,32)(H,29,33). The number of hydrogen-bond donors (Lipinski definition) is 2. The molecule has 0 spiro atoms. The molecular formula is C27H31N3O5. The van der Waals surface area contributed by atoms with Crippen LogP contribution in [-0.2, 0) is 9.59 Å². The molecule has 35 heavy (non-hydrogen) atoms. The second-order valence-electron chi connectivity index (χ2n) is 9.08. The second-order valence-corrected chi connectivity index (χ2v) is 9.08. The molecule has 1 aliphatic carbocycles. The van der Waals surface area contributed by atoms with Crippen LogP contribution in [0.3, 0.4) is 0 Å². The van der Waals surface area contributed by atoms with Crippen molar-refractivity contribution < 1.29 is 23.2 Å². The van der Waals surface area contributed by atoms with Gasteiger partial charge in [-0.2, -0.15) is 0 Å². The van der Waals surface area contributed by atoms with Crippen LogP contribution in [0, 0.1) is 0 Å². The lowest BCUT2D eigenvalue weighted by atomic mass is 10.0. The summed E-state index contributed by atoms with van der Waals surface area (Å²) in [6, 6.07) is 13.1. The van der Waals surface area contributed by atoms with E-state index in [-0.39, 0.29) is 24.3 Å². The van der Waals surface area contributed by atoms with Crippen LogP contribution in [0.5, 0.6) is 0 Å². The highest BCUT2D eigenvalue weighted by Gasteiger charge is 2.36. The molecule has 8 heteroatoms.